The predicted octanol–water partition coefficient (Wildman–Crippen LogP) is 0.809. The lowest BCUT2D eigenvalue weighted by atomic mass is 10.00. The van der Waals surface area contributed by atoms with Crippen molar-refractivity contribution in [3.63, 3.8) is 0 Å². The van der Waals surface area contributed by atoms with Crippen LogP contribution in [-0.4, -0.2) is 41.8 Å². The minimum Gasteiger partial charge on any atom is -0.394 e. The Bertz CT molecular complexity index is 189. The summed E-state index contributed by atoms with van der Waals surface area (Å²) < 4.78 is 0. The molecule has 0 aromatic rings. The standard InChI is InChI=1S/C10H20N2O2/c1-8-3-5-12(6-4-8)10(14)11-9(2)7-13/h8-9,13H,3-7H2,1-2H3,(H,11,14)/t9-/m0/s1. The highest BCUT2D eigenvalue weighted by Crippen LogP contribution is 2.15. The summed E-state index contributed by atoms with van der Waals surface area (Å²) in [4.78, 5) is 13.4. The van der Waals surface area contributed by atoms with Crippen LogP contribution in [0.2, 0.25) is 0 Å². The van der Waals surface area contributed by atoms with Crippen LogP contribution in [0.5, 0.6) is 0 Å². The molecule has 0 aliphatic carbocycles. The quantitative estimate of drug-likeness (QED) is 0.693. The number of aliphatic hydroxyl groups is 1. The first-order chi connectivity index (χ1) is 6.63. The first-order valence-electron chi connectivity index (χ1n) is 5.29. The Kier molecular flexibility index (Phi) is 4.20. The number of carbonyl (C=O) groups excluding carboxylic acids is 1. The molecule has 0 unspecified atom stereocenters. The van der Waals surface area contributed by atoms with Gasteiger partial charge in [0.1, 0.15) is 0 Å². The Balaban J connectivity index is 2.30. The molecule has 82 valence electrons. The van der Waals surface area contributed by atoms with Gasteiger partial charge in [-0.2, -0.15) is 0 Å². The van der Waals surface area contributed by atoms with Crippen LogP contribution in [0, 0.1) is 5.92 Å². The number of piperidine rings is 1. The van der Waals surface area contributed by atoms with Crippen LogP contribution in [0.15, 0.2) is 0 Å². The van der Waals surface area contributed by atoms with E-state index in [0.717, 1.165) is 31.8 Å². The normalized spacial score (nSPS) is 20.6. The SMILES string of the molecule is CC1CCN(C(=O)N[C@@H](C)CO)CC1. The van der Waals surface area contributed by atoms with Gasteiger partial charge in [-0.1, -0.05) is 6.92 Å². The van der Waals surface area contributed by atoms with Gasteiger partial charge in [0.25, 0.3) is 0 Å². The van der Waals surface area contributed by atoms with Crippen molar-refractivity contribution in [1.29, 1.82) is 0 Å². The molecule has 1 heterocycles. The molecule has 2 amide bonds. The Morgan fingerprint density at radius 2 is 2.14 bits per heavy atom. The number of rotatable bonds is 2. The van der Waals surface area contributed by atoms with Crippen molar-refractivity contribution in [3.8, 4) is 0 Å². The summed E-state index contributed by atoms with van der Waals surface area (Å²) in [5, 5.41) is 11.5. The minimum absolute atomic E-state index is 0.00399. The highest BCUT2D eigenvalue weighted by Gasteiger charge is 2.20. The zero-order valence-corrected chi connectivity index (χ0v) is 8.99. The number of nitrogens with zero attached hydrogens (tertiary/aromatic N) is 1. The average Bonchev–Trinajstić information content (AvgIpc) is 2.18. The van der Waals surface area contributed by atoms with E-state index >= 15 is 0 Å². The minimum atomic E-state index is -0.151. The highest BCUT2D eigenvalue weighted by atomic mass is 16.3. The molecule has 0 aromatic carbocycles. The maximum absolute atomic E-state index is 11.6. The van der Waals surface area contributed by atoms with Crippen LogP contribution in [0.25, 0.3) is 0 Å². The van der Waals surface area contributed by atoms with Gasteiger partial charge in [-0.05, 0) is 25.7 Å². The number of hydrogen-bond donors (Lipinski definition) is 2. The summed E-state index contributed by atoms with van der Waals surface area (Å²) in [5.74, 6) is 0.731. The second-order valence-electron chi connectivity index (χ2n) is 4.20. The molecule has 4 heteroatoms. The van der Waals surface area contributed by atoms with Crippen LogP contribution < -0.4 is 5.32 Å². The molecule has 0 spiro atoms. The number of aliphatic hydroxyl groups excluding tert-OH is 1. The summed E-state index contributed by atoms with van der Waals surface area (Å²) in [7, 11) is 0. The molecule has 1 aliphatic rings. The van der Waals surface area contributed by atoms with E-state index in [1.807, 2.05) is 4.90 Å². The Morgan fingerprint density at radius 3 is 2.64 bits per heavy atom. The van der Waals surface area contributed by atoms with Crippen LogP contribution >= 0.6 is 0 Å². The van der Waals surface area contributed by atoms with Gasteiger partial charge in [0.2, 0.25) is 0 Å². The van der Waals surface area contributed by atoms with E-state index in [-0.39, 0.29) is 18.7 Å². The van der Waals surface area contributed by atoms with Crippen molar-refractivity contribution in [2.24, 2.45) is 5.92 Å². The third-order valence-corrected chi connectivity index (χ3v) is 2.71. The molecular weight excluding hydrogens is 180 g/mol. The van der Waals surface area contributed by atoms with Gasteiger partial charge in [-0.25, -0.2) is 4.79 Å². The number of nitrogens with one attached hydrogen (secondary N) is 1. The molecule has 0 saturated carbocycles. The summed E-state index contributed by atoms with van der Waals surface area (Å²) >= 11 is 0. The smallest absolute Gasteiger partial charge is 0.317 e. The van der Waals surface area contributed by atoms with Crippen molar-refractivity contribution in [2.75, 3.05) is 19.7 Å². The molecule has 0 aromatic heterocycles. The number of likely N-dealkylation sites (tertiary alicyclic amines) is 1. The topological polar surface area (TPSA) is 52.6 Å². The second kappa shape index (κ2) is 5.20. The summed E-state index contributed by atoms with van der Waals surface area (Å²) in [5.41, 5.74) is 0. The molecular formula is C10H20N2O2. The van der Waals surface area contributed by atoms with Crippen molar-refractivity contribution in [1.82, 2.24) is 10.2 Å². The van der Waals surface area contributed by atoms with Crippen molar-refractivity contribution in [2.45, 2.75) is 32.7 Å². The maximum atomic E-state index is 11.6. The van der Waals surface area contributed by atoms with E-state index < -0.39 is 0 Å². The number of hydrogen-bond acceptors (Lipinski definition) is 2. The van der Waals surface area contributed by atoms with Crippen LogP contribution in [0.1, 0.15) is 26.7 Å². The van der Waals surface area contributed by atoms with Gasteiger partial charge in [-0.3, -0.25) is 0 Å². The summed E-state index contributed by atoms with van der Waals surface area (Å²) in [6, 6.07) is -0.194. The molecule has 1 rings (SSSR count). The molecule has 2 N–H and O–H groups in total. The molecule has 4 nitrogen and oxygen atoms in total. The average molecular weight is 200 g/mol. The fraction of sp³-hybridized carbons (Fsp3) is 0.900. The lowest BCUT2D eigenvalue weighted by Crippen LogP contribution is -2.47. The van der Waals surface area contributed by atoms with E-state index in [1.54, 1.807) is 6.92 Å². The fourth-order valence-corrected chi connectivity index (χ4v) is 1.56. The largest absolute Gasteiger partial charge is 0.394 e. The van der Waals surface area contributed by atoms with Gasteiger partial charge >= 0.3 is 6.03 Å². The van der Waals surface area contributed by atoms with Crippen molar-refractivity contribution < 1.29 is 9.90 Å². The highest BCUT2D eigenvalue weighted by molar-refractivity contribution is 5.74. The van der Waals surface area contributed by atoms with E-state index in [9.17, 15) is 4.79 Å². The Morgan fingerprint density at radius 1 is 1.57 bits per heavy atom. The van der Waals surface area contributed by atoms with Gasteiger partial charge in [-0.15, -0.1) is 0 Å². The molecule has 1 atom stereocenters. The Labute approximate surface area is 85.3 Å². The van der Waals surface area contributed by atoms with E-state index in [0.29, 0.717) is 0 Å². The van der Waals surface area contributed by atoms with Gasteiger partial charge in [0, 0.05) is 13.1 Å². The van der Waals surface area contributed by atoms with Crippen LogP contribution in [-0.2, 0) is 0 Å². The number of urea groups is 1. The maximum Gasteiger partial charge on any atom is 0.317 e. The molecule has 1 saturated heterocycles. The lowest BCUT2D eigenvalue weighted by Gasteiger charge is -2.31. The zero-order chi connectivity index (χ0) is 10.6. The van der Waals surface area contributed by atoms with E-state index in [1.165, 1.54) is 0 Å². The first-order valence-corrected chi connectivity index (χ1v) is 5.29. The first kappa shape index (κ1) is 11.3. The van der Waals surface area contributed by atoms with E-state index in [4.69, 9.17) is 5.11 Å². The van der Waals surface area contributed by atoms with Crippen LogP contribution in [0.3, 0.4) is 0 Å². The number of carbonyl (C=O) groups is 1. The zero-order valence-electron chi connectivity index (χ0n) is 8.99. The fourth-order valence-electron chi connectivity index (χ4n) is 1.56. The summed E-state index contributed by atoms with van der Waals surface area (Å²) in [6.07, 6.45) is 2.17. The molecule has 0 radical (unpaired) electrons. The van der Waals surface area contributed by atoms with Crippen LogP contribution in [0.4, 0.5) is 4.79 Å². The van der Waals surface area contributed by atoms with E-state index in [2.05, 4.69) is 12.2 Å². The van der Waals surface area contributed by atoms with Gasteiger partial charge < -0.3 is 15.3 Å². The molecule has 1 fully saturated rings. The summed E-state index contributed by atoms with van der Waals surface area (Å²) in [6.45, 7) is 5.68. The van der Waals surface area contributed by atoms with Gasteiger partial charge in [0.15, 0.2) is 0 Å². The molecule has 14 heavy (non-hydrogen) atoms. The van der Waals surface area contributed by atoms with Crippen molar-refractivity contribution >= 4 is 6.03 Å². The van der Waals surface area contributed by atoms with Gasteiger partial charge in [0.05, 0.1) is 12.6 Å². The monoisotopic (exact) mass is 200 g/mol. The lowest BCUT2D eigenvalue weighted by molar-refractivity contribution is 0.164. The second-order valence-corrected chi connectivity index (χ2v) is 4.20. The molecule has 0 bridgehead atoms. The third kappa shape index (κ3) is 3.18. The Hall–Kier alpha value is -0.770. The number of amides is 2. The predicted molar refractivity (Wildman–Crippen MR) is 55.1 cm³/mol. The molecule has 1 aliphatic heterocycles. The van der Waals surface area contributed by atoms with Crippen molar-refractivity contribution in [3.05, 3.63) is 0 Å². The third-order valence-electron chi connectivity index (χ3n) is 2.71.